The van der Waals surface area contributed by atoms with Gasteiger partial charge in [-0.15, -0.1) is 0 Å². The Morgan fingerprint density at radius 3 is 2.80 bits per heavy atom. The molecule has 0 amide bonds. The number of anilines is 1. The Kier molecular flexibility index (Phi) is 2.43. The summed E-state index contributed by atoms with van der Waals surface area (Å²) in [5.41, 5.74) is 10.1. The van der Waals surface area contributed by atoms with Crippen molar-refractivity contribution in [3.8, 4) is 11.3 Å². The number of nitrogen functional groups attached to an aromatic ring is 1. The third-order valence-corrected chi connectivity index (χ3v) is 2.38. The average Bonchev–Trinajstić information content (AvgIpc) is 2.70. The zero-order valence-electron chi connectivity index (χ0n) is 8.49. The van der Waals surface area contributed by atoms with E-state index >= 15 is 0 Å². The predicted molar refractivity (Wildman–Crippen MR) is 59.1 cm³/mol. The molecule has 2 rings (SSSR count). The summed E-state index contributed by atoms with van der Waals surface area (Å²) in [6, 6.07) is 7.61. The highest BCUT2D eigenvalue weighted by atomic mass is 16.3. The maximum atomic E-state index is 8.90. The van der Waals surface area contributed by atoms with E-state index in [9.17, 15) is 0 Å². The van der Waals surface area contributed by atoms with E-state index in [2.05, 4.69) is 10.2 Å². The standard InChI is InChI=1S/C11H13N3O/c1-7-2-3-8(4-10(7)12)11-5-9(6-15)13-14-11/h2-5,15H,6,12H2,1H3,(H,13,14). The predicted octanol–water partition coefficient (Wildman–Crippen LogP) is 1.46. The fraction of sp³-hybridized carbons (Fsp3) is 0.182. The maximum Gasteiger partial charge on any atom is 0.0925 e. The molecule has 0 aliphatic rings. The van der Waals surface area contributed by atoms with Crippen LogP contribution in [-0.4, -0.2) is 15.3 Å². The molecule has 1 aromatic heterocycles. The molecule has 0 saturated heterocycles. The molecule has 0 radical (unpaired) electrons. The highest BCUT2D eigenvalue weighted by Gasteiger charge is 2.04. The van der Waals surface area contributed by atoms with Crippen molar-refractivity contribution in [3.05, 3.63) is 35.5 Å². The molecule has 4 heteroatoms. The van der Waals surface area contributed by atoms with Gasteiger partial charge >= 0.3 is 0 Å². The topological polar surface area (TPSA) is 74.9 Å². The summed E-state index contributed by atoms with van der Waals surface area (Å²) in [4.78, 5) is 0. The molecule has 4 nitrogen and oxygen atoms in total. The number of H-pyrrole nitrogens is 1. The van der Waals surface area contributed by atoms with Gasteiger partial charge in [-0.05, 0) is 24.6 Å². The van der Waals surface area contributed by atoms with Crippen LogP contribution in [0.15, 0.2) is 24.3 Å². The number of nitrogens with zero attached hydrogens (tertiary/aromatic N) is 1. The average molecular weight is 203 g/mol. The van der Waals surface area contributed by atoms with E-state index in [4.69, 9.17) is 10.8 Å². The van der Waals surface area contributed by atoms with E-state index in [0.717, 1.165) is 22.5 Å². The van der Waals surface area contributed by atoms with E-state index in [1.807, 2.05) is 31.2 Å². The SMILES string of the molecule is Cc1ccc(-c2cc(CO)[nH]n2)cc1N. The first kappa shape index (κ1) is 9.73. The second kappa shape index (κ2) is 3.74. The lowest BCUT2D eigenvalue weighted by atomic mass is 10.1. The van der Waals surface area contributed by atoms with Gasteiger partial charge in [0, 0.05) is 11.3 Å². The Balaban J connectivity index is 2.40. The molecular weight excluding hydrogens is 190 g/mol. The van der Waals surface area contributed by atoms with Crippen LogP contribution < -0.4 is 5.73 Å². The van der Waals surface area contributed by atoms with E-state index in [0.29, 0.717) is 5.69 Å². The second-order valence-electron chi connectivity index (χ2n) is 3.51. The largest absolute Gasteiger partial charge is 0.398 e. The smallest absolute Gasteiger partial charge is 0.0925 e. The molecule has 0 aliphatic carbocycles. The normalized spacial score (nSPS) is 10.5. The van der Waals surface area contributed by atoms with Crippen LogP contribution in [-0.2, 0) is 6.61 Å². The molecule has 0 aliphatic heterocycles. The lowest BCUT2D eigenvalue weighted by Crippen LogP contribution is -1.89. The number of aliphatic hydroxyl groups excluding tert-OH is 1. The molecule has 0 unspecified atom stereocenters. The number of aromatic amines is 1. The quantitative estimate of drug-likeness (QED) is 0.647. The number of rotatable bonds is 2. The first-order chi connectivity index (χ1) is 7.20. The molecular formula is C11H13N3O. The van der Waals surface area contributed by atoms with Crippen molar-refractivity contribution >= 4 is 5.69 Å². The van der Waals surface area contributed by atoms with Gasteiger partial charge < -0.3 is 10.8 Å². The van der Waals surface area contributed by atoms with E-state index in [1.54, 1.807) is 0 Å². The summed E-state index contributed by atoms with van der Waals surface area (Å²) in [5.74, 6) is 0. The Morgan fingerprint density at radius 1 is 1.40 bits per heavy atom. The van der Waals surface area contributed by atoms with Gasteiger partial charge in [0.05, 0.1) is 18.0 Å². The monoisotopic (exact) mass is 203 g/mol. The Hall–Kier alpha value is -1.81. The summed E-state index contributed by atoms with van der Waals surface area (Å²) in [6.45, 7) is 1.93. The number of nitrogens with two attached hydrogens (primary N) is 1. The van der Waals surface area contributed by atoms with Crippen LogP contribution in [0.1, 0.15) is 11.3 Å². The first-order valence-electron chi connectivity index (χ1n) is 4.72. The highest BCUT2D eigenvalue weighted by molar-refractivity contribution is 5.66. The minimum Gasteiger partial charge on any atom is -0.398 e. The van der Waals surface area contributed by atoms with Crippen LogP contribution in [0.25, 0.3) is 11.3 Å². The van der Waals surface area contributed by atoms with Crippen LogP contribution in [0, 0.1) is 6.92 Å². The fourth-order valence-corrected chi connectivity index (χ4v) is 1.39. The summed E-state index contributed by atoms with van der Waals surface area (Å²) in [5, 5.41) is 15.7. The summed E-state index contributed by atoms with van der Waals surface area (Å²) in [7, 11) is 0. The van der Waals surface area contributed by atoms with Gasteiger partial charge in [-0.1, -0.05) is 12.1 Å². The molecule has 4 N–H and O–H groups in total. The summed E-state index contributed by atoms with van der Waals surface area (Å²) >= 11 is 0. The van der Waals surface area contributed by atoms with Crippen LogP contribution in [0.5, 0.6) is 0 Å². The number of hydrogen-bond acceptors (Lipinski definition) is 3. The van der Waals surface area contributed by atoms with E-state index in [-0.39, 0.29) is 6.61 Å². The molecule has 78 valence electrons. The van der Waals surface area contributed by atoms with Crippen molar-refractivity contribution in [1.29, 1.82) is 0 Å². The van der Waals surface area contributed by atoms with Crippen LogP contribution in [0.3, 0.4) is 0 Å². The van der Waals surface area contributed by atoms with Crippen molar-refractivity contribution < 1.29 is 5.11 Å². The third kappa shape index (κ3) is 1.85. The fourth-order valence-electron chi connectivity index (χ4n) is 1.39. The molecule has 15 heavy (non-hydrogen) atoms. The van der Waals surface area contributed by atoms with E-state index < -0.39 is 0 Å². The Bertz CT molecular complexity index is 476. The van der Waals surface area contributed by atoms with Crippen LogP contribution in [0.4, 0.5) is 5.69 Å². The Morgan fingerprint density at radius 2 is 2.20 bits per heavy atom. The molecule has 1 aromatic carbocycles. The van der Waals surface area contributed by atoms with Crippen molar-refractivity contribution in [2.24, 2.45) is 0 Å². The number of aromatic nitrogens is 2. The number of aliphatic hydroxyl groups is 1. The van der Waals surface area contributed by atoms with Gasteiger partial charge in [0.25, 0.3) is 0 Å². The Labute approximate surface area is 87.7 Å². The molecule has 0 saturated carbocycles. The molecule has 0 bridgehead atoms. The number of nitrogens with one attached hydrogen (secondary N) is 1. The van der Waals surface area contributed by atoms with Gasteiger partial charge in [0.15, 0.2) is 0 Å². The first-order valence-corrected chi connectivity index (χ1v) is 4.72. The molecule has 0 atom stereocenters. The van der Waals surface area contributed by atoms with Crippen molar-refractivity contribution in [1.82, 2.24) is 10.2 Å². The zero-order valence-corrected chi connectivity index (χ0v) is 8.49. The molecule has 0 spiro atoms. The lowest BCUT2D eigenvalue weighted by Gasteiger charge is -2.01. The minimum absolute atomic E-state index is 0.0334. The zero-order chi connectivity index (χ0) is 10.8. The van der Waals surface area contributed by atoms with Crippen molar-refractivity contribution in [3.63, 3.8) is 0 Å². The number of aryl methyl sites for hydroxylation is 1. The van der Waals surface area contributed by atoms with Gasteiger partial charge in [0.1, 0.15) is 0 Å². The molecule has 2 aromatic rings. The summed E-state index contributed by atoms with van der Waals surface area (Å²) in [6.07, 6.45) is 0. The number of hydrogen-bond donors (Lipinski definition) is 3. The number of benzene rings is 1. The van der Waals surface area contributed by atoms with Gasteiger partial charge in [-0.3, -0.25) is 5.10 Å². The van der Waals surface area contributed by atoms with Crippen LogP contribution >= 0.6 is 0 Å². The van der Waals surface area contributed by atoms with Crippen molar-refractivity contribution in [2.75, 3.05) is 5.73 Å². The highest BCUT2D eigenvalue weighted by Crippen LogP contribution is 2.22. The third-order valence-electron chi connectivity index (χ3n) is 2.38. The van der Waals surface area contributed by atoms with Gasteiger partial charge in [0.2, 0.25) is 0 Å². The molecule has 0 fully saturated rings. The minimum atomic E-state index is -0.0334. The molecule has 1 heterocycles. The summed E-state index contributed by atoms with van der Waals surface area (Å²) < 4.78 is 0. The van der Waals surface area contributed by atoms with Crippen LogP contribution in [0.2, 0.25) is 0 Å². The second-order valence-corrected chi connectivity index (χ2v) is 3.51. The maximum absolute atomic E-state index is 8.90. The van der Waals surface area contributed by atoms with Gasteiger partial charge in [-0.2, -0.15) is 5.10 Å². The van der Waals surface area contributed by atoms with Gasteiger partial charge in [-0.25, -0.2) is 0 Å². The lowest BCUT2D eigenvalue weighted by molar-refractivity contribution is 0.276. The van der Waals surface area contributed by atoms with Crippen molar-refractivity contribution in [2.45, 2.75) is 13.5 Å². The van der Waals surface area contributed by atoms with E-state index in [1.165, 1.54) is 0 Å².